The Hall–Kier alpha value is -2.69. The van der Waals surface area contributed by atoms with Gasteiger partial charge in [0.15, 0.2) is 4.90 Å². The van der Waals surface area contributed by atoms with Crippen LogP contribution in [0.15, 0.2) is 128 Å². The molecule has 256 valence electrons. The molecule has 6 rings (SSSR count). The minimum atomic E-state index is -4.94. The van der Waals surface area contributed by atoms with Gasteiger partial charge in [0.2, 0.25) is 5.37 Å². The van der Waals surface area contributed by atoms with Crippen molar-refractivity contribution in [2.45, 2.75) is 82.4 Å². The molecule has 0 spiro atoms. The van der Waals surface area contributed by atoms with E-state index >= 15 is 0 Å². The summed E-state index contributed by atoms with van der Waals surface area (Å²) in [7, 11) is -4.94. The Balaban J connectivity index is 0.000000840. The zero-order valence-corrected chi connectivity index (χ0v) is 31.2. The highest BCUT2D eigenvalue weighted by Crippen LogP contribution is 2.47. The van der Waals surface area contributed by atoms with Crippen molar-refractivity contribution < 1.29 is 28.9 Å². The van der Waals surface area contributed by atoms with Gasteiger partial charge in [-0.1, -0.05) is 94.1 Å². The number of rotatable bonds is 6. The Morgan fingerprint density at radius 2 is 1.42 bits per heavy atom. The van der Waals surface area contributed by atoms with Crippen LogP contribution < -0.4 is 28.4 Å². The number of nitrogens with zero attached hydrogens (tertiary/aromatic N) is 2. The second-order valence-corrected chi connectivity index (χ2v) is 17.4. The third kappa shape index (κ3) is 9.72. The van der Waals surface area contributed by atoms with Crippen LogP contribution in [-0.2, 0) is 11.8 Å². The first-order chi connectivity index (χ1) is 22.6. The van der Waals surface area contributed by atoms with Gasteiger partial charge < -0.3 is 9.80 Å². The fourth-order valence-electron chi connectivity index (χ4n) is 7.22. The predicted octanol–water partition coefficient (Wildman–Crippen LogP) is 5.65. The number of likely N-dealkylation sites (N-methyl/N-ethyl adjacent to an activating group) is 1. The molecule has 0 fully saturated rings. The van der Waals surface area contributed by atoms with E-state index in [1.807, 2.05) is 11.8 Å². The number of hydrogen-bond acceptors (Lipinski definition) is 7. The van der Waals surface area contributed by atoms with Gasteiger partial charge in [0.05, 0.1) is 16.4 Å². The Kier molecular flexibility index (Phi) is 11.5. The Labute approximate surface area is 297 Å². The van der Waals surface area contributed by atoms with E-state index in [4.69, 9.17) is 18.6 Å². The molecular weight excluding hydrogens is 660 g/mol. The molecule has 2 heterocycles. The standard InChI is InChI=1S/C39H46N2S2.ClHO4/c1-7-40-32-16-9-11-18-34(32)42-36(40)22-30-20-28(24-38(3,4)26-30)14-13-15-29-21-31(27-39(5,6)25-29)23-37-41(8-2)33-17-10-12-19-35(33)43-37;2-1(3,4)5/h9-23,36H,7-8,24-27H2,1-6H3;(H,2,3,4,5)/b14-13+,29-15+,30-22+,37-23-;. The zero-order valence-electron chi connectivity index (χ0n) is 28.7. The number of benzene rings is 2. The van der Waals surface area contributed by atoms with Crippen LogP contribution in [0.25, 0.3) is 0 Å². The number of para-hydroxylation sites is 2. The van der Waals surface area contributed by atoms with Gasteiger partial charge in [-0.2, -0.15) is 0 Å². The average Bonchev–Trinajstić information content (AvgIpc) is 3.51. The third-order valence-corrected chi connectivity index (χ3v) is 11.3. The molecule has 0 N–H and O–H groups in total. The Morgan fingerprint density at radius 3 is 2.10 bits per heavy atom. The largest absolute Gasteiger partial charge is 0.335 e. The third-order valence-electron chi connectivity index (χ3n) is 8.84. The minimum absolute atomic E-state index is 0.249. The molecule has 0 aromatic heterocycles. The highest BCUT2D eigenvalue weighted by atomic mass is 35.7. The summed E-state index contributed by atoms with van der Waals surface area (Å²) in [5, 5.41) is 1.77. The smallest absolute Gasteiger partial charge is 0.213 e. The predicted molar refractivity (Wildman–Crippen MR) is 191 cm³/mol. The molecule has 48 heavy (non-hydrogen) atoms. The second kappa shape index (κ2) is 15.1. The molecule has 0 radical (unpaired) electrons. The van der Waals surface area contributed by atoms with Gasteiger partial charge in [0.1, 0.15) is 0 Å². The van der Waals surface area contributed by atoms with Gasteiger partial charge >= 0.3 is 0 Å². The summed E-state index contributed by atoms with van der Waals surface area (Å²) < 4.78 is 34.0. The van der Waals surface area contributed by atoms with Gasteiger partial charge in [-0.15, -0.1) is 10.2 Å². The normalized spacial score (nSPS) is 24.0. The van der Waals surface area contributed by atoms with E-state index in [2.05, 4.69) is 142 Å². The zero-order chi connectivity index (χ0) is 34.7. The minimum Gasteiger partial charge on any atom is -0.335 e. The molecule has 2 aromatic rings. The van der Waals surface area contributed by atoms with Crippen molar-refractivity contribution in [2.75, 3.05) is 22.9 Å². The summed E-state index contributed by atoms with van der Waals surface area (Å²) in [4.78, 5) is 7.83. The van der Waals surface area contributed by atoms with E-state index in [9.17, 15) is 0 Å². The number of thioether (sulfide) groups is 1. The number of hydrogen-bond donors (Lipinski definition) is 0. The number of thiol groups is 1. The van der Waals surface area contributed by atoms with Crippen molar-refractivity contribution in [1.29, 1.82) is 0 Å². The molecule has 6 nitrogen and oxygen atoms in total. The fraction of sp³-hybridized carbons (Fsp3) is 0.385. The van der Waals surface area contributed by atoms with Crippen molar-refractivity contribution >= 4 is 34.9 Å². The molecular formula is C39H47ClN2O4S2. The van der Waals surface area contributed by atoms with E-state index in [-0.39, 0.29) is 10.8 Å². The second-order valence-electron chi connectivity index (χ2n) is 14.3. The SMILES string of the molecule is CCN1/C(=C/C2=CC(=C\C=C\C3=CC(=C\C4[SH+]c5ccccc5N4CC)/CC(C)(C)C3)/CC(C)(C)C2)Sc2ccccc21.[O-][Cl+3]([O-])([O-])[O-]. The molecule has 1 atom stereocenters. The maximum atomic E-state index is 8.49. The quantitative estimate of drug-likeness (QED) is 0.283. The van der Waals surface area contributed by atoms with Crippen molar-refractivity contribution in [2.24, 2.45) is 10.8 Å². The molecule has 0 saturated heterocycles. The maximum Gasteiger partial charge on any atom is 0.213 e. The molecule has 2 aromatic carbocycles. The molecule has 2 aliphatic carbocycles. The number of allylic oxidation sites excluding steroid dienone is 10. The molecule has 1 unspecified atom stereocenters. The highest BCUT2D eigenvalue weighted by molar-refractivity contribution is 8.03. The van der Waals surface area contributed by atoms with Crippen molar-refractivity contribution in [3.63, 3.8) is 0 Å². The van der Waals surface area contributed by atoms with E-state index in [1.165, 1.54) is 60.2 Å². The molecule has 2 aliphatic heterocycles. The summed E-state index contributed by atoms with van der Waals surface area (Å²) in [6.07, 6.45) is 21.4. The first-order valence-corrected chi connectivity index (χ1v) is 19.6. The Bertz CT molecular complexity index is 1680. The number of anilines is 2. The molecule has 4 aliphatic rings. The number of fused-ring (bicyclic) bond motifs is 2. The van der Waals surface area contributed by atoms with E-state index in [0.717, 1.165) is 38.8 Å². The molecule has 0 bridgehead atoms. The van der Waals surface area contributed by atoms with Gasteiger partial charge in [0, 0.05) is 29.7 Å². The lowest BCUT2D eigenvalue weighted by molar-refractivity contribution is -2.00. The lowest BCUT2D eigenvalue weighted by Crippen LogP contribution is -2.68. The first kappa shape index (κ1) is 36.6. The van der Waals surface area contributed by atoms with Crippen molar-refractivity contribution in [3.05, 3.63) is 118 Å². The van der Waals surface area contributed by atoms with Crippen LogP contribution in [0.1, 0.15) is 67.2 Å². The molecule has 0 amide bonds. The van der Waals surface area contributed by atoms with Crippen molar-refractivity contribution in [1.82, 2.24) is 0 Å². The summed E-state index contributed by atoms with van der Waals surface area (Å²) in [6.45, 7) is 16.2. The first-order valence-electron chi connectivity index (χ1n) is 16.6. The summed E-state index contributed by atoms with van der Waals surface area (Å²) in [6, 6.07) is 17.7. The Morgan fingerprint density at radius 1 is 0.812 bits per heavy atom. The fourth-order valence-corrected chi connectivity index (χ4v) is 9.91. The van der Waals surface area contributed by atoms with Crippen LogP contribution in [0.5, 0.6) is 0 Å². The van der Waals surface area contributed by atoms with Crippen molar-refractivity contribution in [3.8, 4) is 0 Å². The molecule has 9 heteroatoms. The van der Waals surface area contributed by atoms with Crippen LogP contribution in [0.4, 0.5) is 11.4 Å². The lowest BCUT2D eigenvalue weighted by atomic mass is 9.74. The van der Waals surface area contributed by atoms with Crippen LogP contribution in [0.2, 0.25) is 0 Å². The summed E-state index contributed by atoms with van der Waals surface area (Å²) in [5.41, 5.74) is 9.04. The topological polar surface area (TPSA) is 98.7 Å². The lowest BCUT2D eigenvalue weighted by Gasteiger charge is -2.31. The highest BCUT2D eigenvalue weighted by Gasteiger charge is 2.36. The summed E-state index contributed by atoms with van der Waals surface area (Å²) in [5.74, 6) is 0. The van der Waals surface area contributed by atoms with Gasteiger partial charge in [-0.05, 0) is 109 Å². The van der Waals surface area contributed by atoms with E-state index < -0.39 is 10.2 Å². The molecule has 0 saturated carbocycles. The van der Waals surface area contributed by atoms with Gasteiger partial charge in [-0.3, -0.25) is 0 Å². The average molecular weight is 707 g/mol. The summed E-state index contributed by atoms with van der Waals surface area (Å²) >= 11 is 3.31. The van der Waals surface area contributed by atoms with E-state index in [0.29, 0.717) is 5.37 Å². The van der Waals surface area contributed by atoms with Crippen LogP contribution >= 0.6 is 11.8 Å². The van der Waals surface area contributed by atoms with Gasteiger partial charge in [-0.25, -0.2) is 18.6 Å². The van der Waals surface area contributed by atoms with Crippen LogP contribution in [0, 0.1) is 21.1 Å². The monoisotopic (exact) mass is 706 g/mol. The number of halogens is 1. The maximum absolute atomic E-state index is 8.49. The van der Waals surface area contributed by atoms with E-state index in [1.54, 1.807) is 0 Å². The van der Waals surface area contributed by atoms with Crippen LogP contribution in [-0.4, -0.2) is 18.5 Å². The van der Waals surface area contributed by atoms with Gasteiger partial charge in [0.25, 0.3) is 0 Å². The van der Waals surface area contributed by atoms with Crippen LogP contribution in [0.3, 0.4) is 0 Å².